The molecule has 3 rings (SSSR count). The number of hydrogen-bond donors (Lipinski definition) is 1. The number of sulfonamides is 1. The molecule has 8 heteroatoms. The molecule has 2 amide bonds. The smallest absolute Gasteiger partial charge is 0.253 e. The largest absolute Gasteiger partial charge is 0.354 e. The first kappa shape index (κ1) is 16.9. The molecule has 2 saturated heterocycles. The summed E-state index contributed by atoms with van der Waals surface area (Å²) in [5.41, 5.74) is 0.382. The lowest BCUT2D eigenvalue weighted by Crippen LogP contribution is -2.42. The van der Waals surface area contributed by atoms with Crippen LogP contribution in [0.3, 0.4) is 0 Å². The van der Waals surface area contributed by atoms with Gasteiger partial charge < -0.3 is 10.2 Å². The average molecular weight is 351 g/mol. The minimum absolute atomic E-state index is 0.0927. The van der Waals surface area contributed by atoms with Crippen LogP contribution in [0.2, 0.25) is 0 Å². The van der Waals surface area contributed by atoms with Gasteiger partial charge in [-0.25, -0.2) is 8.42 Å². The SMILES string of the molecule is C[C@H]1CNC(=O)CCN1S(=O)(=O)c1cccc(C(=O)N2CCC2)c1. The van der Waals surface area contributed by atoms with Crippen molar-refractivity contribution in [2.75, 3.05) is 26.2 Å². The summed E-state index contributed by atoms with van der Waals surface area (Å²) in [7, 11) is -3.76. The van der Waals surface area contributed by atoms with Crippen LogP contribution in [-0.2, 0) is 14.8 Å². The van der Waals surface area contributed by atoms with Crippen LogP contribution in [-0.4, -0.2) is 61.7 Å². The third-order valence-electron chi connectivity index (χ3n) is 4.48. The molecule has 0 bridgehead atoms. The number of nitrogens with zero attached hydrogens (tertiary/aromatic N) is 2. The van der Waals surface area contributed by atoms with Gasteiger partial charge in [-0.05, 0) is 31.5 Å². The number of rotatable bonds is 3. The summed E-state index contributed by atoms with van der Waals surface area (Å²) in [6.45, 7) is 3.61. The van der Waals surface area contributed by atoms with Gasteiger partial charge in [0.25, 0.3) is 5.91 Å². The summed E-state index contributed by atoms with van der Waals surface area (Å²) < 4.78 is 27.2. The molecule has 0 radical (unpaired) electrons. The van der Waals surface area contributed by atoms with Gasteiger partial charge in [0.15, 0.2) is 0 Å². The van der Waals surface area contributed by atoms with Crippen molar-refractivity contribution in [1.29, 1.82) is 0 Å². The summed E-state index contributed by atoms with van der Waals surface area (Å²) in [5.74, 6) is -0.291. The average Bonchev–Trinajstić information content (AvgIpc) is 2.67. The number of amides is 2. The fourth-order valence-corrected chi connectivity index (χ4v) is 4.55. The molecular weight excluding hydrogens is 330 g/mol. The highest BCUT2D eigenvalue weighted by Crippen LogP contribution is 2.22. The molecule has 1 atom stereocenters. The zero-order chi connectivity index (χ0) is 17.3. The Kier molecular flexibility index (Phi) is 4.60. The van der Waals surface area contributed by atoms with E-state index in [0.717, 1.165) is 6.42 Å². The molecule has 0 aliphatic carbocycles. The molecular formula is C16H21N3O4S. The van der Waals surface area contributed by atoms with Crippen LogP contribution in [0.1, 0.15) is 30.1 Å². The molecule has 0 spiro atoms. The van der Waals surface area contributed by atoms with E-state index in [9.17, 15) is 18.0 Å². The monoisotopic (exact) mass is 351 g/mol. The van der Waals surface area contributed by atoms with E-state index >= 15 is 0 Å². The Morgan fingerprint density at radius 3 is 2.67 bits per heavy atom. The van der Waals surface area contributed by atoms with Gasteiger partial charge in [0, 0.05) is 44.2 Å². The second-order valence-electron chi connectivity index (χ2n) is 6.19. The third kappa shape index (κ3) is 3.16. The number of carbonyl (C=O) groups excluding carboxylic acids is 2. The maximum Gasteiger partial charge on any atom is 0.253 e. The highest BCUT2D eigenvalue weighted by atomic mass is 32.2. The van der Waals surface area contributed by atoms with Crippen molar-refractivity contribution in [3.8, 4) is 0 Å². The highest BCUT2D eigenvalue weighted by Gasteiger charge is 2.32. The third-order valence-corrected chi connectivity index (χ3v) is 6.49. The molecule has 0 saturated carbocycles. The minimum atomic E-state index is -3.76. The predicted octanol–water partition coefficient (Wildman–Crippen LogP) is 0.432. The second-order valence-corrected chi connectivity index (χ2v) is 8.08. The van der Waals surface area contributed by atoms with Crippen LogP contribution >= 0.6 is 0 Å². The van der Waals surface area contributed by atoms with Gasteiger partial charge in [-0.15, -0.1) is 0 Å². The molecule has 2 heterocycles. The number of carbonyl (C=O) groups is 2. The van der Waals surface area contributed by atoms with Crippen LogP contribution < -0.4 is 5.32 Å². The molecule has 1 N–H and O–H groups in total. The van der Waals surface area contributed by atoms with Crippen molar-refractivity contribution < 1.29 is 18.0 Å². The Morgan fingerprint density at radius 2 is 2.00 bits per heavy atom. The molecule has 130 valence electrons. The Bertz CT molecular complexity index is 758. The standard InChI is InChI=1S/C16H21N3O4S/c1-12-11-17-15(20)6-9-19(12)24(22,23)14-5-2-4-13(10-14)16(21)18-7-3-8-18/h2,4-5,10,12H,3,6-9,11H2,1H3,(H,17,20)/t12-/m0/s1. The van der Waals surface area contributed by atoms with Crippen molar-refractivity contribution in [1.82, 2.24) is 14.5 Å². The van der Waals surface area contributed by atoms with Gasteiger partial charge in [-0.3, -0.25) is 9.59 Å². The van der Waals surface area contributed by atoms with Crippen LogP contribution in [0.15, 0.2) is 29.2 Å². The lowest BCUT2D eigenvalue weighted by atomic mass is 10.1. The summed E-state index contributed by atoms with van der Waals surface area (Å²) in [5, 5.41) is 2.70. The van der Waals surface area contributed by atoms with E-state index in [1.54, 1.807) is 24.0 Å². The van der Waals surface area contributed by atoms with Crippen LogP contribution in [0, 0.1) is 0 Å². The molecule has 1 aromatic carbocycles. The van der Waals surface area contributed by atoms with E-state index in [4.69, 9.17) is 0 Å². The molecule has 1 aromatic rings. The normalized spacial score (nSPS) is 22.5. The Labute approximate surface area is 141 Å². The van der Waals surface area contributed by atoms with E-state index in [1.807, 2.05) is 0 Å². The lowest BCUT2D eigenvalue weighted by Gasteiger charge is -2.31. The molecule has 24 heavy (non-hydrogen) atoms. The number of benzene rings is 1. The number of nitrogens with one attached hydrogen (secondary N) is 1. The van der Waals surface area contributed by atoms with Crippen molar-refractivity contribution >= 4 is 21.8 Å². The highest BCUT2D eigenvalue weighted by molar-refractivity contribution is 7.89. The van der Waals surface area contributed by atoms with Crippen molar-refractivity contribution in [2.45, 2.75) is 30.7 Å². The molecule has 2 aliphatic rings. The fraction of sp³-hybridized carbons (Fsp3) is 0.500. The fourth-order valence-electron chi connectivity index (χ4n) is 2.87. The minimum Gasteiger partial charge on any atom is -0.354 e. The van der Waals surface area contributed by atoms with Gasteiger partial charge in [0.1, 0.15) is 0 Å². The summed E-state index contributed by atoms with van der Waals surface area (Å²) in [6.07, 6.45) is 1.12. The van der Waals surface area contributed by atoms with Crippen LogP contribution in [0.5, 0.6) is 0 Å². The quantitative estimate of drug-likeness (QED) is 0.856. The van der Waals surface area contributed by atoms with Crippen LogP contribution in [0.4, 0.5) is 0 Å². The number of likely N-dealkylation sites (tertiary alicyclic amines) is 1. The zero-order valence-electron chi connectivity index (χ0n) is 13.6. The predicted molar refractivity (Wildman–Crippen MR) is 87.9 cm³/mol. The Balaban J connectivity index is 1.88. The first-order valence-electron chi connectivity index (χ1n) is 8.07. The van der Waals surface area contributed by atoms with E-state index in [-0.39, 0.29) is 42.3 Å². The maximum absolute atomic E-state index is 12.9. The Hall–Kier alpha value is -1.93. The topological polar surface area (TPSA) is 86.8 Å². The lowest BCUT2D eigenvalue weighted by molar-refractivity contribution is -0.120. The van der Waals surface area contributed by atoms with Crippen LogP contribution in [0.25, 0.3) is 0 Å². The first-order valence-corrected chi connectivity index (χ1v) is 9.51. The molecule has 2 aliphatic heterocycles. The van der Waals surface area contributed by atoms with Crippen molar-refractivity contribution in [3.05, 3.63) is 29.8 Å². The van der Waals surface area contributed by atoms with Gasteiger partial charge in [0.05, 0.1) is 4.90 Å². The van der Waals surface area contributed by atoms with E-state index < -0.39 is 10.0 Å². The number of hydrogen-bond acceptors (Lipinski definition) is 4. The second kappa shape index (κ2) is 6.52. The van der Waals surface area contributed by atoms with Gasteiger partial charge >= 0.3 is 0 Å². The van der Waals surface area contributed by atoms with Gasteiger partial charge in [0.2, 0.25) is 15.9 Å². The van der Waals surface area contributed by atoms with E-state index in [2.05, 4.69) is 5.32 Å². The summed E-state index contributed by atoms with van der Waals surface area (Å²) >= 11 is 0. The molecule has 0 unspecified atom stereocenters. The molecule has 2 fully saturated rings. The van der Waals surface area contributed by atoms with E-state index in [1.165, 1.54) is 16.4 Å². The van der Waals surface area contributed by atoms with Crippen molar-refractivity contribution in [2.24, 2.45) is 0 Å². The molecule has 7 nitrogen and oxygen atoms in total. The van der Waals surface area contributed by atoms with Crippen molar-refractivity contribution in [3.63, 3.8) is 0 Å². The summed E-state index contributed by atoms with van der Waals surface area (Å²) in [4.78, 5) is 25.6. The molecule has 0 aromatic heterocycles. The Morgan fingerprint density at radius 1 is 1.25 bits per heavy atom. The first-order chi connectivity index (χ1) is 11.4. The summed E-state index contributed by atoms with van der Waals surface area (Å²) in [6, 6.07) is 5.82. The van der Waals surface area contributed by atoms with Gasteiger partial charge in [-0.1, -0.05) is 6.07 Å². The van der Waals surface area contributed by atoms with Gasteiger partial charge in [-0.2, -0.15) is 4.31 Å². The zero-order valence-corrected chi connectivity index (χ0v) is 14.4. The maximum atomic E-state index is 12.9. The van der Waals surface area contributed by atoms with E-state index in [0.29, 0.717) is 18.7 Å².